The van der Waals surface area contributed by atoms with E-state index in [1.54, 1.807) is 0 Å². The number of nitrogens with two attached hydrogens (primary N) is 1. The average Bonchev–Trinajstić information content (AvgIpc) is 2.12. The second-order valence-electron chi connectivity index (χ2n) is 5.39. The molecule has 4 rings (SSSR count). The Hall–Kier alpha value is -0.860. The monoisotopic (exact) mass is 193 g/mol. The average molecular weight is 193 g/mol. The molecule has 4 aliphatic carbocycles. The van der Waals surface area contributed by atoms with Crippen molar-refractivity contribution in [2.45, 2.75) is 32.1 Å². The Bertz CT molecular complexity index is 305. The second kappa shape index (κ2) is 2.38. The van der Waals surface area contributed by atoms with Gasteiger partial charge in [-0.2, -0.15) is 0 Å². The van der Waals surface area contributed by atoms with Gasteiger partial charge in [0.05, 0.1) is 5.41 Å². The van der Waals surface area contributed by atoms with Crippen LogP contribution >= 0.6 is 0 Å². The Kier molecular flexibility index (Phi) is 1.44. The molecule has 4 atom stereocenters. The van der Waals surface area contributed by atoms with Gasteiger partial charge in [0.1, 0.15) is 5.78 Å². The van der Waals surface area contributed by atoms with E-state index in [0.717, 1.165) is 32.1 Å². The zero-order valence-electron chi connectivity index (χ0n) is 8.16. The summed E-state index contributed by atoms with van der Waals surface area (Å²) in [6.45, 7) is 0. The Morgan fingerprint density at radius 3 is 2.29 bits per heavy atom. The highest BCUT2D eigenvalue weighted by Crippen LogP contribution is 2.58. The van der Waals surface area contributed by atoms with E-state index in [9.17, 15) is 9.59 Å². The van der Waals surface area contributed by atoms with Crippen molar-refractivity contribution in [1.29, 1.82) is 0 Å². The summed E-state index contributed by atoms with van der Waals surface area (Å²) >= 11 is 0. The standard InChI is InChI=1S/C11H15NO2/c12-10(14)11-3-6-1-7(4-11)9(13)8(2-6)5-11/h6-8H,1-5H2,(H2,12,14)/t6?,7-,8+,11?. The van der Waals surface area contributed by atoms with E-state index in [-0.39, 0.29) is 23.2 Å². The third-order valence-corrected chi connectivity index (χ3v) is 4.52. The Morgan fingerprint density at radius 1 is 1.21 bits per heavy atom. The fourth-order valence-electron chi connectivity index (χ4n) is 4.05. The fraction of sp³-hybridized carbons (Fsp3) is 0.818. The highest BCUT2D eigenvalue weighted by molar-refractivity contribution is 5.90. The molecule has 0 saturated heterocycles. The Balaban J connectivity index is 2.00. The third-order valence-electron chi connectivity index (χ3n) is 4.52. The minimum Gasteiger partial charge on any atom is -0.369 e. The van der Waals surface area contributed by atoms with Gasteiger partial charge in [-0.15, -0.1) is 0 Å². The molecule has 4 saturated carbocycles. The lowest BCUT2D eigenvalue weighted by atomic mass is 9.49. The third kappa shape index (κ3) is 0.877. The summed E-state index contributed by atoms with van der Waals surface area (Å²) in [6.07, 6.45) is 4.47. The van der Waals surface area contributed by atoms with Gasteiger partial charge in [0.2, 0.25) is 5.91 Å². The number of ketones is 1. The fourth-order valence-corrected chi connectivity index (χ4v) is 4.05. The summed E-state index contributed by atoms with van der Waals surface area (Å²) in [5.41, 5.74) is 5.19. The molecule has 0 aliphatic heterocycles. The normalized spacial score (nSPS) is 49.7. The number of hydrogen-bond acceptors (Lipinski definition) is 2. The first kappa shape index (κ1) is 8.45. The molecular formula is C11H15NO2. The zero-order chi connectivity index (χ0) is 9.92. The van der Waals surface area contributed by atoms with Crippen LogP contribution in [-0.2, 0) is 9.59 Å². The van der Waals surface area contributed by atoms with Gasteiger partial charge >= 0.3 is 0 Å². The lowest BCUT2D eigenvalue weighted by Crippen LogP contribution is -2.56. The maximum atomic E-state index is 11.8. The first-order valence-corrected chi connectivity index (χ1v) is 5.44. The zero-order valence-corrected chi connectivity index (χ0v) is 8.16. The van der Waals surface area contributed by atoms with Crippen LogP contribution in [0.5, 0.6) is 0 Å². The van der Waals surface area contributed by atoms with Crippen LogP contribution in [0, 0.1) is 23.2 Å². The number of carbonyl (C=O) groups is 2. The number of amides is 1. The summed E-state index contributed by atoms with van der Waals surface area (Å²) in [4.78, 5) is 23.3. The summed E-state index contributed by atoms with van der Waals surface area (Å²) < 4.78 is 0. The lowest BCUT2D eigenvalue weighted by molar-refractivity contribution is -0.155. The number of primary amides is 1. The molecular weight excluding hydrogens is 178 g/mol. The largest absolute Gasteiger partial charge is 0.369 e. The highest BCUT2D eigenvalue weighted by Gasteiger charge is 2.57. The van der Waals surface area contributed by atoms with E-state index < -0.39 is 0 Å². The molecule has 2 unspecified atom stereocenters. The summed E-state index contributed by atoms with van der Waals surface area (Å²) in [6, 6.07) is 0. The van der Waals surface area contributed by atoms with Gasteiger partial charge in [-0.25, -0.2) is 0 Å². The smallest absolute Gasteiger partial charge is 0.223 e. The van der Waals surface area contributed by atoms with E-state index >= 15 is 0 Å². The summed E-state index contributed by atoms with van der Waals surface area (Å²) in [7, 11) is 0. The van der Waals surface area contributed by atoms with Crippen molar-refractivity contribution in [3.05, 3.63) is 0 Å². The first-order chi connectivity index (χ1) is 6.61. The Morgan fingerprint density at radius 2 is 1.79 bits per heavy atom. The van der Waals surface area contributed by atoms with Gasteiger partial charge in [0.15, 0.2) is 0 Å². The molecule has 2 N–H and O–H groups in total. The SMILES string of the molecule is NC(=O)C12CC3C[C@H](C1)C(=O)[C@@H](C3)C2. The maximum Gasteiger partial charge on any atom is 0.223 e. The topological polar surface area (TPSA) is 60.2 Å². The molecule has 0 radical (unpaired) electrons. The molecule has 3 nitrogen and oxygen atoms in total. The van der Waals surface area contributed by atoms with Crippen LogP contribution in [0.4, 0.5) is 0 Å². The van der Waals surface area contributed by atoms with Crippen LogP contribution in [0.2, 0.25) is 0 Å². The molecule has 3 heteroatoms. The van der Waals surface area contributed by atoms with Crippen molar-refractivity contribution in [2.24, 2.45) is 28.9 Å². The number of hydrogen-bond donors (Lipinski definition) is 1. The molecule has 0 aromatic carbocycles. The van der Waals surface area contributed by atoms with Crippen molar-refractivity contribution >= 4 is 11.7 Å². The van der Waals surface area contributed by atoms with Crippen LogP contribution in [0.1, 0.15) is 32.1 Å². The van der Waals surface area contributed by atoms with Gasteiger partial charge in [-0.1, -0.05) is 0 Å². The predicted octanol–water partition coefficient (Wildman–Crippen LogP) is 0.867. The highest BCUT2D eigenvalue weighted by atomic mass is 16.1. The molecule has 1 amide bonds. The van der Waals surface area contributed by atoms with E-state index in [2.05, 4.69) is 0 Å². The van der Waals surface area contributed by atoms with Crippen LogP contribution in [0.15, 0.2) is 0 Å². The van der Waals surface area contributed by atoms with Crippen LogP contribution in [0.25, 0.3) is 0 Å². The molecule has 4 aliphatic rings. The number of carbonyl (C=O) groups excluding carboxylic acids is 2. The second-order valence-corrected chi connectivity index (χ2v) is 5.39. The molecule has 0 aromatic rings. The van der Waals surface area contributed by atoms with E-state index in [1.165, 1.54) is 0 Å². The van der Waals surface area contributed by atoms with Crippen molar-refractivity contribution in [2.75, 3.05) is 0 Å². The van der Waals surface area contributed by atoms with Gasteiger partial charge in [-0.3, -0.25) is 9.59 Å². The van der Waals surface area contributed by atoms with E-state index in [1.807, 2.05) is 0 Å². The predicted molar refractivity (Wildman–Crippen MR) is 50.2 cm³/mol. The van der Waals surface area contributed by atoms with Crippen molar-refractivity contribution in [3.8, 4) is 0 Å². The van der Waals surface area contributed by atoms with Gasteiger partial charge in [-0.05, 0) is 38.0 Å². The number of Topliss-reactive ketones (excluding diaryl/α,β-unsaturated/α-hetero) is 1. The molecule has 0 heterocycles. The van der Waals surface area contributed by atoms with Crippen molar-refractivity contribution < 1.29 is 9.59 Å². The van der Waals surface area contributed by atoms with Crippen LogP contribution < -0.4 is 5.73 Å². The van der Waals surface area contributed by atoms with Crippen molar-refractivity contribution in [1.82, 2.24) is 0 Å². The van der Waals surface area contributed by atoms with E-state index in [0.29, 0.717) is 11.7 Å². The molecule has 4 fully saturated rings. The molecule has 4 bridgehead atoms. The molecule has 0 spiro atoms. The van der Waals surface area contributed by atoms with Crippen LogP contribution in [-0.4, -0.2) is 11.7 Å². The van der Waals surface area contributed by atoms with Gasteiger partial charge in [0, 0.05) is 11.8 Å². The first-order valence-electron chi connectivity index (χ1n) is 5.44. The van der Waals surface area contributed by atoms with Crippen molar-refractivity contribution in [3.63, 3.8) is 0 Å². The molecule has 0 aromatic heterocycles. The minimum absolute atomic E-state index is 0.161. The van der Waals surface area contributed by atoms with E-state index in [4.69, 9.17) is 5.73 Å². The lowest BCUT2D eigenvalue weighted by Gasteiger charge is -2.54. The summed E-state index contributed by atoms with van der Waals surface area (Å²) in [5.74, 6) is 1.17. The quantitative estimate of drug-likeness (QED) is 0.671. The van der Waals surface area contributed by atoms with Gasteiger partial charge < -0.3 is 5.73 Å². The molecule has 76 valence electrons. The van der Waals surface area contributed by atoms with Crippen LogP contribution in [0.3, 0.4) is 0 Å². The minimum atomic E-state index is -0.301. The van der Waals surface area contributed by atoms with Gasteiger partial charge in [0.25, 0.3) is 0 Å². The Labute approximate surface area is 83.0 Å². The number of rotatable bonds is 1. The maximum absolute atomic E-state index is 11.8. The molecule has 14 heavy (non-hydrogen) atoms. The summed E-state index contributed by atoms with van der Waals surface area (Å²) in [5, 5.41) is 0.